The van der Waals surface area contributed by atoms with Crippen molar-refractivity contribution in [3.8, 4) is 0 Å². The van der Waals surface area contributed by atoms with E-state index in [1.54, 1.807) is 0 Å². The van der Waals surface area contributed by atoms with Crippen LogP contribution in [0.25, 0.3) is 0 Å². The van der Waals surface area contributed by atoms with Crippen LogP contribution in [0.5, 0.6) is 0 Å². The molecule has 4 nitrogen and oxygen atoms in total. The molecule has 0 heterocycles. The van der Waals surface area contributed by atoms with Crippen molar-refractivity contribution in [2.45, 2.75) is 6.04 Å². The molecule has 0 aliphatic rings. The Morgan fingerprint density at radius 3 is 1.71 bits per heavy atom. The molecule has 0 saturated heterocycles. The van der Waals surface area contributed by atoms with E-state index in [2.05, 4.69) is 11.7 Å². The van der Waals surface area contributed by atoms with Gasteiger partial charge in [0.1, 0.15) is 0 Å². The zero-order valence-corrected chi connectivity index (χ0v) is 16.5. The van der Waals surface area contributed by atoms with Crippen molar-refractivity contribution in [3.63, 3.8) is 0 Å². The summed E-state index contributed by atoms with van der Waals surface area (Å²) in [5, 5.41) is 4.55. The summed E-state index contributed by atoms with van der Waals surface area (Å²) in [6.45, 7) is 3.92. The molecule has 0 radical (unpaired) electrons. The maximum atomic E-state index is 14.3. The van der Waals surface area contributed by atoms with Gasteiger partial charge in [0, 0.05) is 10.6 Å². The van der Waals surface area contributed by atoms with Crippen LogP contribution in [0.3, 0.4) is 0 Å². The van der Waals surface area contributed by atoms with Crippen LogP contribution in [0.1, 0.15) is 11.6 Å². The van der Waals surface area contributed by atoms with E-state index < -0.39 is 19.3 Å². The quantitative estimate of drug-likeness (QED) is 0.376. The molecule has 3 aromatic rings. The monoisotopic (exact) mass is 391 g/mol. The minimum atomic E-state index is -3.27. The highest BCUT2D eigenvalue weighted by atomic mass is 31.2. The largest absolute Gasteiger partial charge is 0.466 e. The lowest BCUT2D eigenvalue weighted by molar-refractivity contribution is -0.136. The van der Waals surface area contributed by atoms with Gasteiger partial charge in [-0.2, -0.15) is 0 Å². The molecule has 0 fully saturated rings. The molecule has 0 bridgehead atoms. The number of carbonyl (C=O) groups is 1. The molecule has 0 aromatic heterocycles. The second-order valence-electron chi connectivity index (χ2n) is 6.27. The number of hydrogen-bond acceptors (Lipinski definition) is 3. The molecule has 0 amide bonds. The molecule has 5 heteroatoms. The lowest BCUT2D eigenvalue weighted by Gasteiger charge is -2.28. The summed E-state index contributed by atoms with van der Waals surface area (Å²) in [7, 11) is -1.96. The van der Waals surface area contributed by atoms with Gasteiger partial charge in [-0.1, -0.05) is 73.3 Å². The highest BCUT2D eigenvalue weighted by Gasteiger charge is 2.33. The Morgan fingerprint density at radius 1 is 0.857 bits per heavy atom. The Bertz CT molecular complexity index is 945. The van der Waals surface area contributed by atoms with E-state index in [9.17, 15) is 9.36 Å². The van der Waals surface area contributed by atoms with E-state index in [-0.39, 0.29) is 5.57 Å². The third-order valence-electron chi connectivity index (χ3n) is 4.48. The summed E-state index contributed by atoms with van der Waals surface area (Å²) >= 11 is 0. The van der Waals surface area contributed by atoms with Gasteiger partial charge in [-0.3, -0.25) is 4.57 Å². The molecule has 28 heavy (non-hydrogen) atoms. The van der Waals surface area contributed by atoms with Gasteiger partial charge >= 0.3 is 5.97 Å². The number of rotatable bonds is 7. The summed E-state index contributed by atoms with van der Waals surface area (Å²) in [6, 6.07) is 27.1. The summed E-state index contributed by atoms with van der Waals surface area (Å²) < 4.78 is 19.2. The molecule has 1 N–H and O–H groups in total. The molecule has 0 saturated carbocycles. The SMILES string of the molecule is C=C(C(=O)OC)C(NP(=O)(c1ccccc1)c1ccccc1)c1ccccc1. The van der Waals surface area contributed by atoms with Crippen LogP contribution in [0.4, 0.5) is 0 Å². The van der Waals surface area contributed by atoms with Gasteiger partial charge in [0.05, 0.1) is 18.7 Å². The number of carbonyl (C=O) groups excluding carboxylic acids is 1. The normalized spacial score (nSPS) is 12.2. The summed E-state index contributed by atoms with van der Waals surface area (Å²) in [5.74, 6) is -0.547. The molecule has 0 aliphatic carbocycles. The van der Waals surface area contributed by atoms with Gasteiger partial charge in [0.15, 0.2) is 0 Å². The maximum absolute atomic E-state index is 14.3. The van der Waals surface area contributed by atoms with Crippen LogP contribution in [-0.2, 0) is 14.1 Å². The fourth-order valence-corrected chi connectivity index (χ4v) is 5.45. The molecular formula is C23H22NO3P. The summed E-state index contributed by atoms with van der Waals surface area (Å²) in [6.07, 6.45) is 0. The highest BCUT2D eigenvalue weighted by Crippen LogP contribution is 2.43. The smallest absolute Gasteiger partial charge is 0.335 e. The second-order valence-corrected chi connectivity index (χ2v) is 8.78. The van der Waals surface area contributed by atoms with E-state index in [4.69, 9.17) is 4.74 Å². The first-order valence-corrected chi connectivity index (χ1v) is 10.6. The minimum absolute atomic E-state index is 0.195. The Morgan fingerprint density at radius 2 is 1.29 bits per heavy atom. The summed E-state index contributed by atoms with van der Waals surface area (Å²) in [4.78, 5) is 12.2. The zero-order chi connectivity index (χ0) is 20.0. The van der Waals surface area contributed by atoms with E-state index in [0.29, 0.717) is 10.6 Å². The van der Waals surface area contributed by atoms with Gasteiger partial charge in [0.2, 0.25) is 7.29 Å². The summed E-state index contributed by atoms with van der Waals surface area (Å²) in [5.41, 5.74) is 0.978. The molecule has 0 spiro atoms. The second kappa shape index (κ2) is 8.83. The predicted octanol–water partition coefficient (Wildman–Crippen LogP) is 3.98. The number of methoxy groups -OCH3 is 1. The van der Waals surface area contributed by atoms with Crippen molar-refractivity contribution < 1.29 is 14.1 Å². The predicted molar refractivity (Wildman–Crippen MR) is 113 cm³/mol. The number of benzene rings is 3. The van der Waals surface area contributed by atoms with Crippen LogP contribution in [-0.4, -0.2) is 13.1 Å². The molecule has 3 aromatic carbocycles. The van der Waals surface area contributed by atoms with E-state index in [1.807, 2.05) is 91.0 Å². The van der Waals surface area contributed by atoms with Crippen LogP contribution in [0.15, 0.2) is 103 Å². The lowest BCUT2D eigenvalue weighted by Crippen LogP contribution is -2.33. The highest BCUT2D eigenvalue weighted by molar-refractivity contribution is 7.76. The molecule has 1 unspecified atom stereocenters. The number of hydrogen-bond donors (Lipinski definition) is 1. The van der Waals surface area contributed by atoms with Crippen molar-refractivity contribution in [2.24, 2.45) is 0 Å². The van der Waals surface area contributed by atoms with E-state index in [0.717, 1.165) is 5.56 Å². The number of nitrogens with one attached hydrogen (secondary N) is 1. The van der Waals surface area contributed by atoms with E-state index in [1.165, 1.54) is 7.11 Å². The van der Waals surface area contributed by atoms with Gasteiger partial charge in [-0.15, -0.1) is 0 Å². The Hall–Kier alpha value is -2.94. The van der Waals surface area contributed by atoms with E-state index >= 15 is 0 Å². The van der Waals surface area contributed by atoms with Crippen LogP contribution in [0, 0.1) is 0 Å². The van der Waals surface area contributed by atoms with Crippen LogP contribution >= 0.6 is 7.29 Å². The molecule has 1 atom stereocenters. The van der Waals surface area contributed by atoms with Crippen LogP contribution < -0.4 is 15.7 Å². The minimum Gasteiger partial charge on any atom is -0.466 e. The van der Waals surface area contributed by atoms with Crippen molar-refractivity contribution in [2.75, 3.05) is 7.11 Å². The van der Waals surface area contributed by atoms with Gasteiger partial charge in [-0.25, -0.2) is 9.88 Å². The molecular weight excluding hydrogens is 369 g/mol. The molecule has 3 rings (SSSR count). The Kier molecular flexibility index (Phi) is 6.25. The van der Waals surface area contributed by atoms with Crippen molar-refractivity contribution in [3.05, 3.63) is 109 Å². The zero-order valence-electron chi connectivity index (χ0n) is 15.6. The fourth-order valence-electron chi connectivity index (χ4n) is 3.00. The number of esters is 1. The first-order valence-electron chi connectivity index (χ1n) is 8.87. The van der Waals surface area contributed by atoms with Crippen molar-refractivity contribution in [1.82, 2.24) is 5.09 Å². The van der Waals surface area contributed by atoms with Crippen LogP contribution in [0.2, 0.25) is 0 Å². The standard InChI is InChI=1S/C23H22NO3P/c1-18(23(25)27-2)22(19-12-6-3-7-13-19)24-28(26,20-14-8-4-9-15-20)21-16-10-5-11-17-21/h3-17,22H,1H2,2H3,(H,24,26). The van der Waals surface area contributed by atoms with Gasteiger partial charge in [0.25, 0.3) is 0 Å². The first-order chi connectivity index (χ1) is 13.6. The maximum Gasteiger partial charge on any atom is 0.335 e. The first kappa shape index (κ1) is 19.8. The number of ether oxygens (including phenoxy) is 1. The van der Waals surface area contributed by atoms with Gasteiger partial charge < -0.3 is 4.74 Å². The Labute approximate surface area is 165 Å². The topological polar surface area (TPSA) is 55.4 Å². The lowest BCUT2D eigenvalue weighted by atomic mass is 10.0. The Balaban J connectivity index is 2.12. The third kappa shape index (κ3) is 4.14. The molecule has 0 aliphatic heterocycles. The molecule has 142 valence electrons. The third-order valence-corrected chi connectivity index (χ3v) is 7.15. The van der Waals surface area contributed by atoms with Crippen molar-refractivity contribution in [1.29, 1.82) is 0 Å². The average molecular weight is 391 g/mol. The fraction of sp³-hybridized carbons (Fsp3) is 0.0870. The average Bonchev–Trinajstić information content (AvgIpc) is 2.78. The van der Waals surface area contributed by atoms with Crippen molar-refractivity contribution >= 4 is 23.9 Å². The van der Waals surface area contributed by atoms with Gasteiger partial charge in [-0.05, 0) is 29.8 Å².